The number of halogens is 3. The molecule has 0 aliphatic rings. The summed E-state index contributed by atoms with van der Waals surface area (Å²) < 4.78 is 42.7. The Morgan fingerprint density at radius 1 is 1.44 bits per heavy atom. The molecule has 0 bridgehead atoms. The van der Waals surface area contributed by atoms with Gasteiger partial charge in [0, 0.05) is 6.54 Å². The van der Waals surface area contributed by atoms with Crippen molar-refractivity contribution in [2.45, 2.75) is 12.7 Å². The second kappa shape index (κ2) is 4.41. The molecular weight excluding hydrogens is 221 g/mol. The number of hydrogen-bond acceptors (Lipinski definition) is 3. The largest absolute Gasteiger partial charge is 0.496 e. The Hall–Kier alpha value is -1.74. The molecule has 0 saturated carbocycles. The maximum Gasteiger partial charge on any atom is 0.420 e. The summed E-state index contributed by atoms with van der Waals surface area (Å²) in [5, 5.41) is 8.64. The van der Waals surface area contributed by atoms with E-state index in [0.29, 0.717) is 0 Å². The highest BCUT2D eigenvalue weighted by molar-refractivity contribution is 5.49. The number of nitrogens with two attached hydrogens (primary N) is 1. The van der Waals surface area contributed by atoms with Crippen molar-refractivity contribution < 1.29 is 17.9 Å². The maximum absolute atomic E-state index is 12.7. The van der Waals surface area contributed by atoms with Gasteiger partial charge < -0.3 is 10.5 Å². The van der Waals surface area contributed by atoms with Gasteiger partial charge in [-0.25, -0.2) is 0 Å². The van der Waals surface area contributed by atoms with Gasteiger partial charge in [0.1, 0.15) is 11.3 Å². The first-order chi connectivity index (χ1) is 7.43. The van der Waals surface area contributed by atoms with Crippen molar-refractivity contribution in [3.05, 3.63) is 28.8 Å². The van der Waals surface area contributed by atoms with Crippen molar-refractivity contribution in [1.29, 1.82) is 5.26 Å². The molecule has 0 aliphatic carbocycles. The second-order valence-corrected chi connectivity index (χ2v) is 3.03. The minimum absolute atomic E-state index is 0.0882. The Bertz CT molecular complexity index is 410. The molecule has 2 N–H and O–H groups in total. The monoisotopic (exact) mass is 230 g/mol. The molecule has 0 spiro atoms. The molecule has 0 amide bonds. The van der Waals surface area contributed by atoms with E-state index in [0.717, 1.165) is 19.2 Å². The van der Waals surface area contributed by atoms with E-state index in [4.69, 9.17) is 11.0 Å². The van der Waals surface area contributed by atoms with E-state index in [-0.39, 0.29) is 23.4 Å². The SMILES string of the molecule is COc1cc(C#N)cc(CN)c1C(F)(F)F. The van der Waals surface area contributed by atoms with Crippen LogP contribution in [0.2, 0.25) is 0 Å². The summed E-state index contributed by atoms with van der Waals surface area (Å²) in [4.78, 5) is 0. The van der Waals surface area contributed by atoms with Crippen molar-refractivity contribution >= 4 is 0 Å². The molecule has 0 saturated heterocycles. The van der Waals surface area contributed by atoms with Crippen LogP contribution in [-0.4, -0.2) is 7.11 Å². The summed E-state index contributed by atoms with van der Waals surface area (Å²) in [6, 6.07) is 3.91. The Morgan fingerprint density at radius 2 is 2.06 bits per heavy atom. The van der Waals surface area contributed by atoms with Crippen molar-refractivity contribution in [3.63, 3.8) is 0 Å². The first kappa shape index (κ1) is 12.3. The van der Waals surface area contributed by atoms with Crippen LogP contribution in [0.4, 0.5) is 13.2 Å². The third kappa shape index (κ3) is 2.25. The lowest BCUT2D eigenvalue weighted by Gasteiger charge is -2.16. The second-order valence-electron chi connectivity index (χ2n) is 3.03. The van der Waals surface area contributed by atoms with Gasteiger partial charge in [0.15, 0.2) is 0 Å². The van der Waals surface area contributed by atoms with Crippen molar-refractivity contribution in [2.75, 3.05) is 7.11 Å². The number of nitrogens with zero attached hydrogens (tertiary/aromatic N) is 1. The lowest BCUT2D eigenvalue weighted by Crippen LogP contribution is -2.14. The molecule has 0 aromatic heterocycles. The number of benzene rings is 1. The number of nitriles is 1. The summed E-state index contributed by atoms with van der Waals surface area (Å²) in [5.41, 5.74) is 4.25. The number of ether oxygens (including phenoxy) is 1. The van der Waals surface area contributed by atoms with E-state index < -0.39 is 11.7 Å². The Balaban J connectivity index is 3.51. The molecule has 1 aromatic rings. The van der Waals surface area contributed by atoms with Gasteiger partial charge in [0.25, 0.3) is 0 Å². The van der Waals surface area contributed by atoms with Crippen molar-refractivity contribution in [2.24, 2.45) is 5.73 Å². The fourth-order valence-electron chi connectivity index (χ4n) is 1.38. The highest BCUT2D eigenvalue weighted by Crippen LogP contribution is 2.39. The van der Waals surface area contributed by atoms with Crippen molar-refractivity contribution in [1.82, 2.24) is 0 Å². The van der Waals surface area contributed by atoms with Crippen LogP contribution in [-0.2, 0) is 12.7 Å². The number of alkyl halides is 3. The molecule has 1 aromatic carbocycles. The molecule has 1 rings (SSSR count). The van der Waals surface area contributed by atoms with E-state index in [1.54, 1.807) is 6.07 Å². The summed E-state index contributed by atoms with van der Waals surface area (Å²) in [7, 11) is 1.12. The van der Waals surface area contributed by atoms with Crippen LogP contribution in [0.1, 0.15) is 16.7 Å². The molecule has 16 heavy (non-hydrogen) atoms. The van der Waals surface area contributed by atoms with Gasteiger partial charge in [0.05, 0.1) is 18.7 Å². The lowest BCUT2D eigenvalue weighted by molar-refractivity contribution is -0.139. The summed E-state index contributed by atoms with van der Waals surface area (Å²) in [5.74, 6) is -0.382. The quantitative estimate of drug-likeness (QED) is 0.845. The minimum Gasteiger partial charge on any atom is -0.496 e. The van der Waals surface area contributed by atoms with Gasteiger partial charge in [-0.3, -0.25) is 0 Å². The number of hydrogen-bond donors (Lipinski definition) is 1. The van der Waals surface area contributed by atoms with Crippen LogP contribution in [0.25, 0.3) is 0 Å². The Morgan fingerprint density at radius 3 is 2.44 bits per heavy atom. The van der Waals surface area contributed by atoms with Gasteiger partial charge in [-0.05, 0) is 17.7 Å². The highest BCUT2D eigenvalue weighted by atomic mass is 19.4. The average Bonchev–Trinajstić information content (AvgIpc) is 2.25. The molecule has 0 unspecified atom stereocenters. The molecule has 0 radical (unpaired) electrons. The van der Waals surface area contributed by atoms with Crippen LogP contribution >= 0.6 is 0 Å². The summed E-state index contributed by atoms with van der Waals surface area (Å²) in [6.07, 6.45) is -4.55. The van der Waals surface area contributed by atoms with E-state index in [1.165, 1.54) is 0 Å². The van der Waals surface area contributed by atoms with E-state index in [1.807, 2.05) is 0 Å². The first-order valence-corrected chi connectivity index (χ1v) is 4.32. The van der Waals surface area contributed by atoms with E-state index in [2.05, 4.69) is 4.74 Å². The molecule has 0 aliphatic heterocycles. The van der Waals surface area contributed by atoms with Crippen molar-refractivity contribution in [3.8, 4) is 11.8 Å². The Labute approximate surface area is 90.2 Å². The first-order valence-electron chi connectivity index (χ1n) is 4.32. The zero-order valence-electron chi connectivity index (χ0n) is 8.43. The molecule has 0 fully saturated rings. The van der Waals surface area contributed by atoms with E-state index >= 15 is 0 Å². The van der Waals surface area contributed by atoms with Gasteiger partial charge in [-0.1, -0.05) is 0 Å². The van der Waals surface area contributed by atoms with Gasteiger partial charge in [-0.15, -0.1) is 0 Å². The van der Waals surface area contributed by atoms with Crippen LogP contribution in [0.15, 0.2) is 12.1 Å². The topological polar surface area (TPSA) is 59.0 Å². The fraction of sp³-hybridized carbons (Fsp3) is 0.300. The third-order valence-corrected chi connectivity index (χ3v) is 2.04. The molecule has 6 heteroatoms. The molecule has 0 heterocycles. The predicted octanol–water partition coefficient (Wildman–Crippen LogP) is 2.04. The zero-order chi connectivity index (χ0) is 12.3. The number of methoxy groups -OCH3 is 1. The number of rotatable bonds is 2. The molecule has 0 atom stereocenters. The standard InChI is InChI=1S/C10H9F3N2O/c1-16-8-3-6(4-14)2-7(5-15)9(8)10(11,12)13/h2-3H,5,15H2,1H3. The van der Waals surface area contributed by atoms with Gasteiger partial charge >= 0.3 is 6.18 Å². The predicted molar refractivity (Wildman–Crippen MR) is 50.6 cm³/mol. The van der Waals surface area contributed by atoms with Crippen LogP contribution in [0.5, 0.6) is 5.75 Å². The Kier molecular flexibility index (Phi) is 3.40. The lowest BCUT2D eigenvalue weighted by atomic mass is 10.0. The normalized spacial score (nSPS) is 11.0. The van der Waals surface area contributed by atoms with Gasteiger partial charge in [-0.2, -0.15) is 18.4 Å². The summed E-state index contributed by atoms with van der Waals surface area (Å²) >= 11 is 0. The maximum atomic E-state index is 12.7. The summed E-state index contributed by atoms with van der Waals surface area (Å²) in [6.45, 7) is -0.305. The van der Waals surface area contributed by atoms with Crippen LogP contribution < -0.4 is 10.5 Å². The highest BCUT2D eigenvalue weighted by Gasteiger charge is 2.37. The third-order valence-electron chi connectivity index (χ3n) is 2.04. The molecule has 3 nitrogen and oxygen atoms in total. The van der Waals surface area contributed by atoms with E-state index in [9.17, 15) is 13.2 Å². The average molecular weight is 230 g/mol. The zero-order valence-corrected chi connectivity index (χ0v) is 8.43. The molecule has 86 valence electrons. The van der Waals surface area contributed by atoms with Crippen LogP contribution in [0.3, 0.4) is 0 Å². The minimum atomic E-state index is -4.55. The van der Waals surface area contributed by atoms with Crippen LogP contribution in [0, 0.1) is 11.3 Å². The smallest absolute Gasteiger partial charge is 0.420 e. The van der Waals surface area contributed by atoms with Gasteiger partial charge in [0.2, 0.25) is 0 Å². The molecular formula is C10H9F3N2O. The fourth-order valence-corrected chi connectivity index (χ4v) is 1.38.